The molecule has 0 unspecified atom stereocenters. The van der Waals surface area contributed by atoms with Crippen molar-refractivity contribution in [3.8, 4) is 5.75 Å². The van der Waals surface area contributed by atoms with Gasteiger partial charge in [0.1, 0.15) is 5.75 Å². The average Bonchev–Trinajstić information content (AvgIpc) is 2.26. The molecule has 0 amide bonds. The van der Waals surface area contributed by atoms with Gasteiger partial charge in [0.05, 0.1) is 22.9 Å². The van der Waals surface area contributed by atoms with Crippen molar-refractivity contribution in [3.05, 3.63) is 22.7 Å². The Morgan fingerprint density at radius 3 is 2.47 bits per heavy atom. The molecule has 0 heterocycles. The van der Waals surface area contributed by atoms with Crippen LogP contribution < -0.4 is 9.46 Å². The van der Waals surface area contributed by atoms with Crippen LogP contribution in [-0.2, 0) is 10.0 Å². The minimum atomic E-state index is -4.40. The van der Waals surface area contributed by atoms with E-state index in [1.54, 1.807) is 0 Å². The molecule has 9 heteroatoms. The standard InChI is InChI=1S/C10H11BrF3NO3S/c1-18-9-3-2-7(6-8(9)11)19(16,17)15-5-4-10(12,13)14/h2-3,6,15H,4-5H2,1H3. The van der Waals surface area contributed by atoms with Gasteiger partial charge in [0.2, 0.25) is 10.0 Å². The lowest BCUT2D eigenvalue weighted by atomic mass is 10.3. The fourth-order valence-electron chi connectivity index (χ4n) is 1.22. The van der Waals surface area contributed by atoms with Gasteiger partial charge in [0.15, 0.2) is 0 Å². The highest BCUT2D eigenvalue weighted by Gasteiger charge is 2.27. The van der Waals surface area contributed by atoms with Crippen LogP contribution in [0.3, 0.4) is 0 Å². The van der Waals surface area contributed by atoms with Crippen LogP contribution in [0.2, 0.25) is 0 Å². The first-order valence-corrected chi connectivity index (χ1v) is 7.33. The van der Waals surface area contributed by atoms with E-state index in [9.17, 15) is 21.6 Å². The summed E-state index contributed by atoms with van der Waals surface area (Å²) in [6.45, 7) is -0.699. The lowest BCUT2D eigenvalue weighted by Crippen LogP contribution is -2.28. The third kappa shape index (κ3) is 5.00. The second-order valence-electron chi connectivity index (χ2n) is 3.56. The molecule has 19 heavy (non-hydrogen) atoms. The topological polar surface area (TPSA) is 55.4 Å². The fourth-order valence-corrected chi connectivity index (χ4v) is 2.97. The van der Waals surface area contributed by atoms with Gasteiger partial charge in [-0.2, -0.15) is 13.2 Å². The Bertz CT molecular complexity index is 545. The maximum Gasteiger partial charge on any atom is 0.390 e. The molecule has 0 atom stereocenters. The second kappa shape index (κ2) is 6.10. The summed E-state index contributed by atoms with van der Waals surface area (Å²) in [6, 6.07) is 3.91. The summed E-state index contributed by atoms with van der Waals surface area (Å²) in [5.74, 6) is 0.425. The zero-order chi connectivity index (χ0) is 14.7. The molecule has 0 aromatic heterocycles. The van der Waals surface area contributed by atoms with E-state index in [1.165, 1.54) is 25.3 Å². The quantitative estimate of drug-likeness (QED) is 0.877. The Balaban J connectivity index is 2.80. The van der Waals surface area contributed by atoms with Gasteiger partial charge in [-0.15, -0.1) is 0 Å². The first kappa shape index (κ1) is 16.3. The van der Waals surface area contributed by atoms with Gasteiger partial charge in [-0.1, -0.05) is 0 Å². The number of nitrogens with one attached hydrogen (secondary N) is 1. The van der Waals surface area contributed by atoms with Crippen molar-refractivity contribution in [1.82, 2.24) is 4.72 Å². The Hall–Kier alpha value is -0.800. The number of halogens is 4. The monoisotopic (exact) mass is 361 g/mol. The van der Waals surface area contributed by atoms with E-state index < -0.39 is 29.2 Å². The summed E-state index contributed by atoms with van der Waals surface area (Å²) in [5.41, 5.74) is 0. The van der Waals surface area contributed by atoms with Crippen LogP contribution in [0.25, 0.3) is 0 Å². The SMILES string of the molecule is COc1ccc(S(=O)(=O)NCCC(F)(F)F)cc1Br. The number of benzene rings is 1. The third-order valence-corrected chi connectivity index (χ3v) is 4.21. The molecule has 0 spiro atoms. The maximum atomic E-state index is 11.9. The minimum absolute atomic E-state index is 0.137. The molecule has 4 nitrogen and oxygen atoms in total. The normalized spacial score (nSPS) is 12.5. The number of methoxy groups -OCH3 is 1. The molecule has 108 valence electrons. The molecule has 1 aromatic carbocycles. The summed E-state index contributed by atoms with van der Waals surface area (Å²) in [7, 11) is -2.55. The van der Waals surface area contributed by atoms with Crippen molar-refractivity contribution in [2.75, 3.05) is 13.7 Å². The number of hydrogen-bond donors (Lipinski definition) is 1. The van der Waals surface area contributed by atoms with Gasteiger partial charge < -0.3 is 4.74 Å². The number of rotatable bonds is 5. The zero-order valence-corrected chi connectivity index (χ0v) is 12.2. The van der Waals surface area contributed by atoms with E-state index in [2.05, 4.69) is 15.9 Å². The summed E-state index contributed by atoms with van der Waals surface area (Å²) >= 11 is 3.10. The molecule has 1 N–H and O–H groups in total. The van der Waals surface area contributed by atoms with E-state index in [-0.39, 0.29) is 4.90 Å². The predicted molar refractivity (Wildman–Crippen MR) is 66.6 cm³/mol. The smallest absolute Gasteiger partial charge is 0.390 e. The molecule has 1 aromatic rings. The number of sulfonamides is 1. The zero-order valence-electron chi connectivity index (χ0n) is 9.79. The van der Waals surface area contributed by atoms with Gasteiger partial charge in [-0.25, -0.2) is 13.1 Å². The fraction of sp³-hybridized carbons (Fsp3) is 0.400. The number of alkyl halides is 3. The van der Waals surface area contributed by atoms with Crippen molar-refractivity contribution in [1.29, 1.82) is 0 Å². The lowest BCUT2D eigenvalue weighted by molar-refractivity contribution is -0.132. The number of hydrogen-bond acceptors (Lipinski definition) is 3. The maximum absolute atomic E-state index is 11.9. The minimum Gasteiger partial charge on any atom is -0.496 e. The van der Waals surface area contributed by atoms with Crippen LogP contribution in [0.5, 0.6) is 5.75 Å². The first-order chi connectivity index (χ1) is 8.65. The molecule has 0 aliphatic rings. The summed E-state index contributed by atoms with van der Waals surface area (Å²) < 4.78 is 66.5. The van der Waals surface area contributed by atoms with Crippen LogP contribution in [0.4, 0.5) is 13.2 Å². The van der Waals surface area contributed by atoms with E-state index >= 15 is 0 Å². The van der Waals surface area contributed by atoms with Gasteiger partial charge in [0.25, 0.3) is 0 Å². The summed E-state index contributed by atoms with van der Waals surface area (Å²) in [4.78, 5) is -0.137. The average molecular weight is 362 g/mol. The van der Waals surface area contributed by atoms with Crippen LogP contribution in [0.15, 0.2) is 27.6 Å². The van der Waals surface area contributed by atoms with Crippen molar-refractivity contribution in [2.24, 2.45) is 0 Å². The molecular formula is C10H11BrF3NO3S. The Kier molecular flexibility index (Phi) is 5.22. The third-order valence-electron chi connectivity index (χ3n) is 2.13. The molecule has 0 radical (unpaired) electrons. The van der Waals surface area contributed by atoms with Gasteiger partial charge >= 0.3 is 6.18 Å². The Morgan fingerprint density at radius 1 is 1.37 bits per heavy atom. The van der Waals surface area contributed by atoms with E-state index in [1.807, 2.05) is 4.72 Å². The molecular weight excluding hydrogens is 351 g/mol. The second-order valence-corrected chi connectivity index (χ2v) is 6.18. The highest BCUT2D eigenvalue weighted by atomic mass is 79.9. The van der Waals surface area contributed by atoms with Crippen molar-refractivity contribution in [2.45, 2.75) is 17.5 Å². The largest absolute Gasteiger partial charge is 0.496 e. The van der Waals surface area contributed by atoms with Crippen LogP contribution >= 0.6 is 15.9 Å². The van der Waals surface area contributed by atoms with Gasteiger partial charge in [0, 0.05) is 6.54 Å². The van der Waals surface area contributed by atoms with Gasteiger partial charge in [-0.3, -0.25) is 0 Å². The van der Waals surface area contributed by atoms with E-state index in [0.29, 0.717) is 10.2 Å². The Labute approximate surface area is 117 Å². The molecule has 0 bridgehead atoms. The molecule has 1 rings (SSSR count). The summed E-state index contributed by atoms with van der Waals surface area (Å²) in [6.07, 6.45) is -5.62. The molecule has 0 aliphatic heterocycles. The predicted octanol–water partition coefficient (Wildman–Crippen LogP) is 2.69. The van der Waals surface area contributed by atoms with Crippen LogP contribution in [-0.4, -0.2) is 28.2 Å². The van der Waals surface area contributed by atoms with E-state index in [0.717, 1.165) is 0 Å². The molecule has 0 aliphatic carbocycles. The number of ether oxygens (including phenoxy) is 1. The van der Waals surface area contributed by atoms with Crippen molar-refractivity contribution >= 4 is 26.0 Å². The van der Waals surface area contributed by atoms with Crippen molar-refractivity contribution in [3.63, 3.8) is 0 Å². The van der Waals surface area contributed by atoms with Crippen LogP contribution in [0.1, 0.15) is 6.42 Å². The van der Waals surface area contributed by atoms with Gasteiger partial charge in [-0.05, 0) is 34.1 Å². The highest BCUT2D eigenvalue weighted by molar-refractivity contribution is 9.10. The van der Waals surface area contributed by atoms with Crippen molar-refractivity contribution < 1.29 is 26.3 Å². The lowest BCUT2D eigenvalue weighted by Gasteiger charge is -2.10. The Morgan fingerprint density at radius 2 is 2.00 bits per heavy atom. The van der Waals surface area contributed by atoms with Crippen LogP contribution in [0, 0.1) is 0 Å². The first-order valence-electron chi connectivity index (χ1n) is 5.06. The molecule has 0 saturated heterocycles. The molecule has 0 saturated carbocycles. The highest BCUT2D eigenvalue weighted by Crippen LogP contribution is 2.27. The summed E-state index contributed by atoms with van der Waals surface area (Å²) in [5, 5.41) is 0. The van der Waals surface area contributed by atoms with E-state index in [4.69, 9.17) is 4.74 Å². The molecule has 0 fully saturated rings.